The Kier molecular flexibility index (Phi) is 4.76. The van der Waals surface area contributed by atoms with Crippen LogP contribution in [-0.4, -0.2) is 53.8 Å². The van der Waals surface area contributed by atoms with Crippen LogP contribution < -0.4 is 5.32 Å². The summed E-state index contributed by atoms with van der Waals surface area (Å²) >= 11 is 0. The van der Waals surface area contributed by atoms with Crippen molar-refractivity contribution in [2.45, 2.75) is 51.6 Å². The monoisotopic (exact) mass is 298 g/mol. The van der Waals surface area contributed by atoms with E-state index in [2.05, 4.69) is 12.2 Å². The Morgan fingerprint density at radius 1 is 1.29 bits per heavy atom. The summed E-state index contributed by atoms with van der Waals surface area (Å²) in [5.41, 5.74) is -0.241. The second-order valence-corrected chi connectivity index (χ2v) is 6.71. The minimum Gasteiger partial charge on any atom is -0.480 e. The molecule has 2 rings (SSSR count). The predicted octanol–water partition coefficient (Wildman–Crippen LogP) is 1.84. The topological polar surface area (TPSA) is 78.9 Å². The Bertz CT molecular complexity index is 398. The highest BCUT2D eigenvalue weighted by Gasteiger charge is 2.43. The van der Waals surface area contributed by atoms with Gasteiger partial charge in [-0.25, -0.2) is 9.59 Å². The Hall–Kier alpha value is -1.30. The fraction of sp³-hybridized carbons (Fsp3) is 0.867. The molecule has 6 nitrogen and oxygen atoms in total. The van der Waals surface area contributed by atoms with E-state index < -0.39 is 11.6 Å². The number of likely N-dealkylation sites (tertiary alicyclic amines) is 1. The summed E-state index contributed by atoms with van der Waals surface area (Å²) in [6, 6.07) is -0.0638. The summed E-state index contributed by atoms with van der Waals surface area (Å²) < 4.78 is 5.31. The average Bonchev–Trinajstić information content (AvgIpc) is 2.89. The number of hydrogen-bond acceptors (Lipinski definition) is 3. The smallest absolute Gasteiger partial charge is 0.329 e. The molecule has 0 bridgehead atoms. The van der Waals surface area contributed by atoms with Gasteiger partial charge in [0.05, 0.1) is 13.1 Å². The van der Waals surface area contributed by atoms with Gasteiger partial charge in [0.1, 0.15) is 12.2 Å². The first-order valence-electron chi connectivity index (χ1n) is 7.77. The van der Waals surface area contributed by atoms with Gasteiger partial charge in [-0.1, -0.05) is 19.8 Å². The standard InChI is InChI=1S/C15H26N2O4/c1-3-15(6-4-5-7-15)9-16-13(20)17-10-14(2,11-17)21-8-12(18)19/h3-11H2,1-2H3,(H,16,20)(H,18,19). The van der Waals surface area contributed by atoms with E-state index in [0.717, 1.165) is 13.0 Å². The average molecular weight is 298 g/mol. The van der Waals surface area contributed by atoms with Gasteiger partial charge in [-0.3, -0.25) is 0 Å². The number of hydrogen-bond donors (Lipinski definition) is 2. The number of carbonyl (C=O) groups excluding carboxylic acids is 1. The van der Waals surface area contributed by atoms with Crippen molar-refractivity contribution in [2.24, 2.45) is 5.41 Å². The van der Waals surface area contributed by atoms with Crippen molar-refractivity contribution in [3.63, 3.8) is 0 Å². The Morgan fingerprint density at radius 2 is 1.90 bits per heavy atom. The lowest BCUT2D eigenvalue weighted by atomic mass is 9.83. The van der Waals surface area contributed by atoms with Gasteiger partial charge in [-0.05, 0) is 31.6 Å². The summed E-state index contributed by atoms with van der Waals surface area (Å²) in [5.74, 6) is -0.981. The van der Waals surface area contributed by atoms with Gasteiger partial charge < -0.3 is 20.1 Å². The van der Waals surface area contributed by atoms with Crippen LogP contribution in [0.15, 0.2) is 0 Å². The lowest BCUT2D eigenvalue weighted by Crippen LogP contribution is -2.65. The summed E-state index contributed by atoms with van der Waals surface area (Å²) in [7, 11) is 0. The minimum absolute atomic E-state index is 0.0638. The van der Waals surface area contributed by atoms with E-state index in [0.29, 0.717) is 13.1 Å². The molecule has 1 aliphatic heterocycles. The van der Waals surface area contributed by atoms with Gasteiger partial charge in [0.25, 0.3) is 0 Å². The van der Waals surface area contributed by atoms with Crippen LogP contribution in [-0.2, 0) is 9.53 Å². The van der Waals surface area contributed by atoms with Gasteiger partial charge >= 0.3 is 12.0 Å². The van der Waals surface area contributed by atoms with Crippen LogP contribution in [0.3, 0.4) is 0 Å². The van der Waals surface area contributed by atoms with E-state index >= 15 is 0 Å². The maximum Gasteiger partial charge on any atom is 0.329 e. The molecule has 2 fully saturated rings. The van der Waals surface area contributed by atoms with E-state index in [1.807, 2.05) is 6.92 Å². The molecule has 6 heteroatoms. The number of carboxylic acid groups (broad SMARTS) is 1. The fourth-order valence-electron chi connectivity index (χ4n) is 3.39. The van der Waals surface area contributed by atoms with Crippen LogP contribution in [0.4, 0.5) is 4.79 Å². The molecule has 1 heterocycles. The number of urea groups is 1. The Labute approximate surface area is 125 Å². The molecule has 1 saturated carbocycles. The zero-order chi connectivity index (χ0) is 15.5. The molecule has 0 radical (unpaired) electrons. The van der Waals surface area contributed by atoms with Crippen molar-refractivity contribution >= 4 is 12.0 Å². The van der Waals surface area contributed by atoms with Crippen LogP contribution >= 0.6 is 0 Å². The summed E-state index contributed by atoms with van der Waals surface area (Å²) in [6.45, 7) is 5.36. The van der Waals surface area contributed by atoms with Gasteiger partial charge in [0, 0.05) is 6.54 Å². The summed E-state index contributed by atoms with van der Waals surface area (Å²) in [4.78, 5) is 24.3. The van der Waals surface area contributed by atoms with Crippen molar-refractivity contribution < 1.29 is 19.4 Å². The second-order valence-electron chi connectivity index (χ2n) is 6.71. The third kappa shape index (κ3) is 3.87. The van der Waals surface area contributed by atoms with Crippen molar-refractivity contribution in [2.75, 3.05) is 26.2 Å². The molecule has 0 aromatic heterocycles. The molecule has 120 valence electrons. The van der Waals surface area contributed by atoms with Crippen LogP contribution in [0.25, 0.3) is 0 Å². The molecule has 1 aliphatic carbocycles. The van der Waals surface area contributed by atoms with Gasteiger partial charge in [-0.15, -0.1) is 0 Å². The number of aliphatic carboxylic acids is 1. The van der Waals surface area contributed by atoms with Crippen molar-refractivity contribution in [3.05, 3.63) is 0 Å². The van der Waals surface area contributed by atoms with Crippen molar-refractivity contribution in [1.29, 1.82) is 0 Å². The molecule has 1 saturated heterocycles. The lowest BCUT2D eigenvalue weighted by Gasteiger charge is -2.47. The highest BCUT2D eigenvalue weighted by Crippen LogP contribution is 2.40. The first-order chi connectivity index (χ1) is 9.88. The largest absolute Gasteiger partial charge is 0.480 e. The van der Waals surface area contributed by atoms with Crippen LogP contribution in [0, 0.1) is 5.41 Å². The molecule has 0 aromatic carbocycles. The summed E-state index contributed by atoms with van der Waals surface area (Å²) in [6.07, 6.45) is 6.02. The van der Waals surface area contributed by atoms with Crippen molar-refractivity contribution in [3.8, 4) is 0 Å². The maximum atomic E-state index is 12.1. The van der Waals surface area contributed by atoms with E-state index in [1.54, 1.807) is 4.90 Å². The number of nitrogens with one attached hydrogen (secondary N) is 1. The molecular formula is C15H26N2O4. The molecule has 0 spiro atoms. The quantitative estimate of drug-likeness (QED) is 0.784. The van der Waals surface area contributed by atoms with Gasteiger partial charge in [0.15, 0.2) is 0 Å². The lowest BCUT2D eigenvalue weighted by molar-refractivity contribution is -0.159. The van der Waals surface area contributed by atoms with Crippen LogP contribution in [0.2, 0.25) is 0 Å². The first-order valence-corrected chi connectivity index (χ1v) is 7.77. The molecule has 0 atom stereocenters. The molecular weight excluding hydrogens is 272 g/mol. The predicted molar refractivity (Wildman–Crippen MR) is 78.2 cm³/mol. The molecule has 21 heavy (non-hydrogen) atoms. The van der Waals surface area contributed by atoms with E-state index in [9.17, 15) is 9.59 Å². The highest BCUT2D eigenvalue weighted by molar-refractivity contribution is 5.75. The Balaban J connectivity index is 1.72. The highest BCUT2D eigenvalue weighted by atomic mass is 16.5. The minimum atomic E-state index is -0.981. The van der Waals surface area contributed by atoms with Gasteiger partial charge in [-0.2, -0.15) is 0 Å². The molecule has 2 amide bonds. The number of rotatable bonds is 6. The van der Waals surface area contributed by atoms with E-state index in [4.69, 9.17) is 9.84 Å². The maximum absolute atomic E-state index is 12.1. The SMILES string of the molecule is CCC1(CNC(=O)N2CC(C)(OCC(=O)O)C2)CCCC1. The molecule has 2 aliphatic rings. The number of nitrogens with zero attached hydrogens (tertiary/aromatic N) is 1. The van der Waals surface area contributed by atoms with E-state index in [-0.39, 0.29) is 18.1 Å². The number of carboxylic acids is 1. The Morgan fingerprint density at radius 3 is 2.43 bits per heavy atom. The summed E-state index contributed by atoms with van der Waals surface area (Å²) in [5, 5.41) is 11.7. The van der Waals surface area contributed by atoms with Gasteiger partial charge in [0.2, 0.25) is 0 Å². The zero-order valence-corrected chi connectivity index (χ0v) is 13.0. The normalized spacial score (nSPS) is 22.7. The van der Waals surface area contributed by atoms with Crippen LogP contribution in [0.1, 0.15) is 46.0 Å². The van der Waals surface area contributed by atoms with Crippen LogP contribution in [0.5, 0.6) is 0 Å². The van der Waals surface area contributed by atoms with E-state index in [1.165, 1.54) is 25.7 Å². The molecule has 0 unspecified atom stereocenters. The van der Waals surface area contributed by atoms with Crippen molar-refractivity contribution in [1.82, 2.24) is 10.2 Å². The second kappa shape index (κ2) is 6.22. The fourth-order valence-corrected chi connectivity index (χ4v) is 3.39. The molecule has 0 aromatic rings. The number of carbonyl (C=O) groups is 2. The number of amides is 2. The molecule has 2 N–H and O–H groups in total. The third-order valence-corrected chi connectivity index (χ3v) is 4.91. The number of ether oxygens (including phenoxy) is 1. The zero-order valence-electron chi connectivity index (χ0n) is 13.0. The third-order valence-electron chi connectivity index (χ3n) is 4.91. The first kappa shape index (κ1) is 16.1.